The third-order valence-electron chi connectivity index (χ3n) is 4.69. The summed E-state index contributed by atoms with van der Waals surface area (Å²) in [7, 11) is 5.66. The Bertz CT molecular complexity index is 544. The van der Waals surface area contributed by atoms with Gasteiger partial charge in [0, 0.05) is 25.9 Å². The average molecular weight is 317 g/mol. The van der Waals surface area contributed by atoms with Crippen LogP contribution < -0.4 is 5.32 Å². The Morgan fingerprint density at radius 1 is 1.35 bits per heavy atom. The van der Waals surface area contributed by atoms with Crippen molar-refractivity contribution in [1.82, 2.24) is 15.1 Å². The highest BCUT2D eigenvalue weighted by molar-refractivity contribution is 5.82. The van der Waals surface area contributed by atoms with E-state index in [1.54, 1.807) is 4.90 Å². The first-order valence-electron chi connectivity index (χ1n) is 8.20. The SMILES string of the molecule is CC[C@H](C(=O)NC[C@H]1CC(=O)N(C)[C@H]1c1ccccc1)N(C)C. The number of hydrogen-bond donors (Lipinski definition) is 1. The van der Waals surface area contributed by atoms with Crippen LogP contribution in [0.15, 0.2) is 30.3 Å². The van der Waals surface area contributed by atoms with Gasteiger partial charge < -0.3 is 10.2 Å². The molecule has 23 heavy (non-hydrogen) atoms. The molecule has 1 N–H and O–H groups in total. The average Bonchev–Trinajstić information content (AvgIpc) is 2.81. The molecule has 0 spiro atoms. The number of carbonyl (C=O) groups excluding carboxylic acids is 2. The Kier molecular flexibility index (Phi) is 5.77. The molecule has 5 heteroatoms. The van der Waals surface area contributed by atoms with Gasteiger partial charge in [-0.1, -0.05) is 37.3 Å². The van der Waals surface area contributed by atoms with Crippen LogP contribution in [0.4, 0.5) is 0 Å². The van der Waals surface area contributed by atoms with E-state index in [9.17, 15) is 9.59 Å². The van der Waals surface area contributed by atoms with Crippen molar-refractivity contribution in [3.63, 3.8) is 0 Å². The molecule has 1 aliphatic heterocycles. The Morgan fingerprint density at radius 2 is 2.00 bits per heavy atom. The lowest BCUT2D eigenvalue weighted by Crippen LogP contribution is -2.45. The van der Waals surface area contributed by atoms with E-state index in [1.807, 2.05) is 63.3 Å². The molecule has 2 rings (SSSR count). The summed E-state index contributed by atoms with van der Waals surface area (Å²) in [5.41, 5.74) is 1.12. The molecule has 126 valence electrons. The summed E-state index contributed by atoms with van der Waals surface area (Å²) < 4.78 is 0. The fourth-order valence-corrected chi connectivity index (χ4v) is 3.42. The Balaban J connectivity index is 2.06. The largest absolute Gasteiger partial charge is 0.354 e. The van der Waals surface area contributed by atoms with Gasteiger partial charge in [-0.15, -0.1) is 0 Å². The molecule has 5 nitrogen and oxygen atoms in total. The maximum Gasteiger partial charge on any atom is 0.237 e. The third-order valence-corrected chi connectivity index (χ3v) is 4.69. The molecule has 0 aliphatic carbocycles. The van der Waals surface area contributed by atoms with Crippen molar-refractivity contribution in [1.29, 1.82) is 0 Å². The molecule has 1 fully saturated rings. The van der Waals surface area contributed by atoms with Crippen LogP contribution in [0.3, 0.4) is 0 Å². The summed E-state index contributed by atoms with van der Waals surface area (Å²) in [5, 5.41) is 3.04. The van der Waals surface area contributed by atoms with E-state index < -0.39 is 0 Å². The fraction of sp³-hybridized carbons (Fsp3) is 0.556. The van der Waals surface area contributed by atoms with Gasteiger partial charge in [-0.05, 0) is 26.1 Å². The third kappa shape index (κ3) is 3.91. The van der Waals surface area contributed by atoms with Gasteiger partial charge in [0.1, 0.15) is 0 Å². The van der Waals surface area contributed by atoms with Crippen LogP contribution in [0.1, 0.15) is 31.4 Å². The number of rotatable bonds is 6. The van der Waals surface area contributed by atoms with Gasteiger partial charge in [-0.3, -0.25) is 14.5 Å². The van der Waals surface area contributed by atoms with E-state index in [1.165, 1.54) is 0 Å². The summed E-state index contributed by atoms with van der Waals surface area (Å²) in [6.07, 6.45) is 1.25. The summed E-state index contributed by atoms with van der Waals surface area (Å²) in [6, 6.07) is 9.94. The van der Waals surface area contributed by atoms with Crippen molar-refractivity contribution in [2.75, 3.05) is 27.7 Å². The molecular formula is C18H27N3O2. The summed E-state index contributed by atoms with van der Waals surface area (Å²) in [4.78, 5) is 28.2. The number of likely N-dealkylation sites (tertiary alicyclic amines) is 1. The van der Waals surface area contributed by atoms with Gasteiger partial charge in [-0.2, -0.15) is 0 Å². The number of hydrogen-bond acceptors (Lipinski definition) is 3. The zero-order valence-electron chi connectivity index (χ0n) is 14.5. The molecular weight excluding hydrogens is 290 g/mol. The lowest BCUT2D eigenvalue weighted by atomic mass is 9.93. The maximum atomic E-state index is 12.3. The minimum atomic E-state index is -0.125. The van der Waals surface area contributed by atoms with Gasteiger partial charge >= 0.3 is 0 Å². The predicted octanol–water partition coefficient (Wildman–Crippen LogP) is 1.66. The van der Waals surface area contributed by atoms with E-state index in [-0.39, 0.29) is 29.8 Å². The minimum absolute atomic E-state index is 0.0310. The molecule has 2 amide bonds. The zero-order valence-corrected chi connectivity index (χ0v) is 14.5. The molecule has 0 saturated carbocycles. The van der Waals surface area contributed by atoms with Crippen molar-refractivity contribution >= 4 is 11.8 Å². The second kappa shape index (κ2) is 7.59. The highest BCUT2D eigenvalue weighted by Crippen LogP contribution is 2.36. The smallest absolute Gasteiger partial charge is 0.237 e. The van der Waals surface area contributed by atoms with Gasteiger partial charge in [-0.25, -0.2) is 0 Å². The normalized spacial score (nSPS) is 22.5. The van der Waals surface area contributed by atoms with Crippen molar-refractivity contribution in [3.05, 3.63) is 35.9 Å². The molecule has 0 unspecified atom stereocenters. The number of likely N-dealkylation sites (N-methyl/N-ethyl adjacent to an activating group) is 1. The van der Waals surface area contributed by atoms with Crippen molar-refractivity contribution in [2.45, 2.75) is 31.8 Å². The van der Waals surface area contributed by atoms with Crippen LogP contribution in [0.5, 0.6) is 0 Å². The molecule has 1 heterocycles. The number of benzene rings is 1. The van der Waals surface area contributed by atoms with Crippen LogP contribution in [-0.4, -0.2) is 55.3 Å². The lowest BCUT2D eigenvalue weighted by Gasteiger charge is -2.27. The van der Waals surface area contributed by atoms with Crippen LogP contribution in [-0.2, 0) is 9.59 Å². The van der Waals surface area contributed by atoms with Gasteiger partial charge in [0.05, 0.1) is 12.1 Å². The van der Waals surface area contributed by atoms with E-state index >= 15 is 0 Å². The quantitative estimate of drug-likeness (QED) is 0.868. The summed E-state index contributed by atoms with van der Waals surface area (Å²) in [5.74, 6) is 0.280. The van der Waals surface area contributed by atoms with E-state index in [0.29, 0.717) is 13.0 Å². The molecule has 1 aliphatic rings. The number of nitrogens with one attached hydrogen (secondary N) is 1. The molecule has 3 atom stereocenters. The van der Waals surface area contributed by atoms with Gasteiger partial charge in [0.2, 0.25) is 11.8 Å². The first kappa shape index (κ1) is 17.5. The molecule has 0 radical (unpaired) electrons. The highest BCUT2D eigenvalue weighted by atomic mass is 16.2. The monoisotopic (exact) mass is 317 g/mol. The minimum Gasteiger partial charge on any atom is -0.354 e. The molecule has 0 aromatic heterocycles. The Morgan fingerprint density at radius 3 is 2.57 bits per heavy atom. The van der Waals surface area contributed by atoms with Crippen molar-refractivity contribution in [2.24, 2.45) is 5.92 Å². The van der Waals surface area contributed by atoms with Crippen LogP contribution >= 0.6 is 0 Å². The fourth-order valence-electron chi connectivity index (χ4n) is 3.42. The zero-order chi connectivity index (χ0) is 17.0. The second-order valence-corrected chi connectivity index (χ2v) is 6.46. The predicted molar refractivity (Wildman–Crippen MR) is 90.8 cm³/mol. The van der Waals surface area contributed by atoms with Crippen molar-refractivity contribution in [3.8, 4) is 0 Å². The van der Waals surface area contributed by atoms with E-state index in [0.717, 1.165) is 12.0 Å². The lowest BCUT2D eigenvalue weighted by molar-refractivity contribution is -0.128. The Hall–Kier alpha value is -1.88. The molecule has 1 aromatic carbocycles. The number of amides is 2. The second-order valence-electron chi connectivity index (χ2n) is 6.46. The van der Waals surface area contributed by atoms with Crippen LogP contribution in [0.2, 0.25) is 0 Å². The number of carbonyl (C=O) groups is 2. The Labute approximate surface area is 138 Å². The molecule has 1 saturated heterocycles. The number of nitrogens with zero attached hydrogens (tertiary/aromatic N) is 2. The topological polar surface area (TPSA) is 52.7 Å². The first-order valence-corrected chi connectivity index (χ1v) is 8.20. The maximum absolute atomic E-state index is 12.3. The van der Waals surface area contributed by atoms with Gasteiger partial charge in [0.15, 0.2) is 0 Å². The highest BCUT2D eigenvalue weighted by Gasteiger charge is 2.38. The molecule has 0 bridgehead atoms. The summed E-state index contributed by atoms with van der Waals surface area (Å²) >= 11 is 0. The first-order chi connectivity index (χ1) is 11.0. The van der Waals surface area contributed by atoms with Gasteiger partial charge in [0.25, 0.3) is 0 Å². The standard InChI is InChI=1S/C18H27N3O2/c1-5-15(20(2)3)18(23)19-12-14-11-16(22)21(4)17(14)13-9-7-6-8-10-13/h6-10,14-15,17H,5,11-12H2,1-4H3,(H,19,23)/t14-,15-,17+/m1/s1. The van der Waals surface area contributed by atoms with E-state index in [2.05, 4.69) is 5.32 Å². The van der Waals surface area contributed by atoms with Crippen LogP contribution in [0.25, 0.3) is 0 Å². The van der Waals surface area contributed by atoms with Crippen LogP contribution in [0, 0.1) is 5.92 Å². The summed E-state index contributed by atoms with van der Waals surface area (Å²) in [6.45, 7) is 2.53. The van der Waals surface area contributed by atoms with E-state index in [4.69, 9.17) is 0 Å². The molecule has 1 aromatic rings. The van der Waals surface area contributed by atoms with Crippen molar-refractivity contribution < 1.29 is 9.59 Å².